The molecule has 45 heavy (non-hydrogen) atoms. The smallest absolute Gasteiger partial charge is 0.326 e. The zero-order chi connectivity index (χ0) is 32.8. The molecule has 1 aromatic carbocycles. The molecule has 11 nitrogen and oxygen atoms in total. The first kappa shape index (κ1) is 33.5. The van der Waals surface area contributed by atoms with Gasteiger partial charge in [-0.1, -0.05) is 13.0 Å². The van der Waals surface area contributed by atoms with Crippen LogP contribution < -0.4 is 16.0 Å². The van der Waals surface area contributed by atoms with Crippen LogP contribution in [0.3, 0.4) is 0 Å². The molecular weight excluding hydrogens is 593 g/mol. The zero-order valence-electron chi connectivity index (χ0n) is 25.5. The highest BCUT2D eigenvalue weighted by molar-refractivity contribution is 6.00. The number of carbonyl (C=O) groups is 4. The van der Waals surface area contributed by atoms with Crippen molar-refractivity contribution in [3.63, 3.8) is 0 Å². The highest BCUT2D eigenvalue weighted by atomic mass is 19.3. The van der Waals surface area contributed by atoms with Gasteiger partial charge in [0.05, 0.1) is 5.69 Å². The van der Waals surface area contributed by atoms with Crippen LogP contribution in [0.25, 0.3) is 0 Å². The maximum atomic E-state index is 15.4. The number of amides is 4. The number of hydrogen-bond donors (Lipinski definition) is 4. The quantitative estimate of drug-likeness (QED) is 0.263. The Hall–Kier alpha value is -4.36. The van der Waals surface area contributed by atoms with Crippen molar-refractivity contribution in [3.05, 3.63) is 59.2 Å². The number of aromatic nitrogens is 2. The van der Waals surface area contributed by atoms with Crippen LogP contribution in [0, 0.1) is 11.7 Å². The number of carboxylic acids is 1. The van der Waals surface area contributed by atoms with Crippen molar-refractivity contribution >= 4 is 29.5 Å². The standard InChI is InChI=1S/C31H39F3N6O5/c1-4-39(21-11-12-21)31(45)38-25(30(43)44)17(3)20-10-13-23(22(32)16-20)36-29(42)26(18-6-8-19(9-7-18)27(33)34)37-28(41)24-14-15-35-40(24)5-2/h10,13-18,21,25-26H,4-9,11-12H2,1-3H3,(H,36,42)(H,37,41)(H,38,45)(H,43,44)/t17-,25+,26-/m0/s1. The van der Waals surface area contributed by atoms with E-state index in [0.717, 1.165) is 18.9 Å². The number of nitrogens with zero attached hydrogens (tertiary/aromatic N) is 3. The fourth-order valence-corrected chi connectivity index (χ4v) is 5.79. The van der Waals surface area contributed by atoms with E-state index in [2.05, 4.69) is 21.0 Å². The van der Waals surface area contributed by atoms with E-state index in [9.17, 15) is 33.1 Å². The van der Waals surface area contributed by atoms with E-state index in [1.807, 2.05) is 6.92 Å². The van der Waals surface area contributed by atoms with Gasteiger partial charge >= 0.3 is 12.0 Å². The Morgan fingerprint density at radius 1 is 1.07 bits per heavy atom. The lowest BCUT2D eigenvalue weighted by molar-refractivity contribution is -0.139. The van der Waals surface area contributed by atoms with E-state index < -0.39 is 59.6 Å². The summed E-state index contributed by atoms with van der Waals surface area (Å²) in [5.74, 6) is -4.74. The number of halogens is 3. The molecule has 1 heterocycles. The summed E-state index contributed by atoms with van der Waals surface area (Å²) in [5, 5.41) is 21.7. The van der Waals surface area contributed by atoms with Crippen LogP contribution in [0.5, 0.6) is 0 Å². The predicted molar refractivity (Wildman–Crippen MR) is 159 cm³/mol. The van der Waals surface area contributed by atoms with Crippen LogP contribution in [0.15, 0.2) is 42.1 Å². The molecule has 0 spiro atoms. The van der Waals surface area contributed by atoms with Crippen molar-refractivity contribution in [1.82, 2.24) is 25.3 Å². The third kappa shape index (κ3) is 8.03. The lowest BCUT2D eigenvalue weighted by atomic mass is 9.81. The second-order valence-electron chi connectivity index (χ2n) is 11.5. The summed E-state index contributed by atoms with van der Waals surface area (Å²) in [6, 6.07) is 2.42. The number of anilines is 1. The lowest BCUT2D eigenvalue weighted by Gasteiger charge is -2.31. The number of hydrogen-bond acceptors (Lipinski definition) is 5. The van der Waals surface area contributed by atoms with Gasteiger partial charge in [-0.15, -0.1) is 0 Å². The molecule has 2 aliphatic rings. The van der Waals surface area contributed by atoms with Crippen molar-refractivity contribution in [3.8, 4) is 0 Å². The molecule has 14 heteroatoms. The van der Waals surface area contributed by atoms with Gasteiger partial charge in [-0.05, 0) is 87.6 Å². The van der Waals surface area contributed by atoms with Gasteiger partial charge in [0.25, 0.3) is 12.0 Å². The minimum atomic E-state index is -1.74. The molecule has 2 fully saturated rings. The van der Waals surface area contributed by atoms with Crippen molar-refractivity contribution < 1.29 is 37.5 Å². The molecule has 4 N–H and O–H groups in total. The van der Waals surface area contributed by atoms with Gasteiger partial charge in [0.15, 0.2) is 0 Å². The number of benzene rings is 1. The van der Waals surface area contributed by atoms with Gasteiger partial charge in [0.2, 0.25) is 5.91 Å². The summed E-state index contributed by atoms with van der Waals surface area (Å²) < 4.78 is 43.2. The number of nitrogens with one attached hydrogen (secondary N) is 3. The average molecular weight is 633 g/mol. The maximum Gasteiger partial charge on any atom is 0.326 e. The molecular formula is C31H39F3N6O5. The molecule has 244 valence electrons. The molecule has 0 unspecified atom stereocenters. The Kier molecular flexibility index (Phi) is 10.9. The van der Waals surface area contributed by atoms with Crippen molar-refractivity contribution in [2.45, 2.75) is 89.9 Å². The molecule has 0 bridgehead atoms. The fourth-order valence-electron chi connectivity index (χ4n) is 5.79. The summed E-state index contributed by atoms with van der Waals surface area (Å²) in [4.78, 5) is 53.0. The van der Waals surface area contributed by atoms with Crippen LogP contribution in [0.2, 0.25) is 0 Å². The molecule has 0 saturated heterocycles. The zero-order valence-corrected chi connectivity index (χ0v) is 25.5. The van der Waals surface area contributed by atoms with E-state index in [1.54, 1.807) is 18.7 Å². The topological polar surface area (TPSA) is 146 Å². The molecule has 2 saturated carbocycles. The highest BCUT2D eigenvalue weighted by Crippen LogP contribution is 2.34. The van der Waals surface area contributed by atoms with E-state index >= 15 is 4.39 Å². The molecule has 0 aliphatic heterocycles. The number of allylic oxidation sites excluding steroid dienone is 1. The third-order valence-corrected chi connectivity index (χ3v) is 8.60. The second kappa shape index (κ2) is 14.6. The first-order valence-corrected chi connectivity index (χ1v) is 15.2. The number of aryl methyl sites for hydroxylation is 1. The molecule has 4 amide bonds. The molecule has 2 aliphatic carbocycles. The average Bonchev–Trinajstić information content (AvgIpc) is 3.73. The molecule has 0 radical (unpaired) electrons. The first-order valence-electron chi connectivity index (χ1n) is 15.2. The summed E-state index contributed by atoms with van der Waals surface area (Å²) >= 11 is 0. The van der Waals surface area contributed by atoms with Crippen molar-refractivity contribution in [2.24, 2.45) is 5.92 Å². The van der Waals surface area contributed by atoms with Gasteiger partial charge in [-0.3, -0.25) is 14.3 Å². The fraction of sp³-hybridized carbons (Fsp3) is 0.516. The molecule has 2 aromatic rings. The van der Waals surface area contributed by atoms with Crippen LogP contribution in [0.4, 0.5) is 23.7 Å². The summed E-state index contributed by atoms with van der Waals surface area (Å²) in [5.41, 5.74) is 0.305. The van der Waals surface area contributed by atoms with E-state index in [1.165, 1.54) is 29.1 Å². The molecule has 3 atom stereocenters. The number of urea groups is 1. The van der Waals surface area contributed by atoms with Crippen LogP contribution in [0.1, 0.15) is 81.3 Å². The Balaban J connectivity index is 1.50. The van der Waals surface area contributed by atoms with Gasteiger partial charge in [-0.2, -0.15) is 13.9 Å². The minimum absolute atomic E-state index is 0.0161. The Bertz CT molecular complexity index is 1440. The van der Waals surface area contributed by atoms with Crippen LogP contribution >= 0.6 is 0 Å². The van der Waals surface area contributed by atoms with Crippen LogP contribution in [-0.4, -0.2) is 68.3 Å². The number of carbonyl (C=O) groups excluding carboxylic acids is 3. The normalized spacial score (nSPS) is 18.4. The minimum Gasteiger partial charge on any atom is -0.480 e. The maximum absolute atomic E-state index is 15.4. The van der Waals surface area contributed by atoms with Crippen LogP contribution in [-0.2, 0) is 16.1 Å². The highest BCUT2D eigenvalue weighted by Gasteiger charge is 2.36. The Labute approximate surface area is 259 Å². The monoisotopic (exact) mass is 632 g/mol. The van der Waals surface area contributed by atoms with Gasteiger partial charge < -0.3 is 26.0 Å². The summed E-state index contributed by atoms with van der Waals surface area (Å²) in [6.45, 7) is 5.98. The summed E-state index contributed by atoms with van der Waals surface area (Å²) in [6.07, 6.45) is 1.99. The second-order valence-corrected chi connectivity index (χ2v) is 11.5. The third-order valence-electron chi connectivity index (χ3n) is 8.60. The predicted octanol–water partition coefficient (Wildman–Crippen LogP) is 4.87. The first-order chi connectivity index (χ1) is 21.4. The van der Waals surface area contributed by atoms with Gasteiger partial charge in [-0.25, -0.2) is 14.0 Å². The van der Waals surface area contributed by atoms with Crippen molar-refractivity contribution in [2.75, 3.05) is 11.9 Å². The number of carboxylic acid groups (broad SMARTS) is 1. The van der Waals surface area contributed by atoms with Gasteiger partial charge in [0.1, 0.15) is 23.6 Å². The molecule has 1 aromatic heterocycles. The lowest BCUT2D eigenvalue weighted by Crippen LogP contribution is -2.50. The molecule has 4 rings (SSSR count). The SMILES string of the molecule is CCN(C(=O)N[C@@H](C(=O)O)[C@@H](C)c1ccc(NC(=O)[C@@H](NC(=O)c2ccnn2CC)C2CCC(=C(F)F)CC2)c(F)c1)C1CC1. The Morgan fingerprint density at radius 2 is 1.76 bits per heavy atom. The van der Waals surface area contributed by atoms with Crippen molar-refractivity contribution in [1.29, 1.82) is 0 Å². The summed E-state index contributed by atoms with van der Waals surface area (Å²) in [7, 11) is 0. The van der Waals surface area contributed by atoms with E-state index in [-0.39, 0.29) is 54.2 Å². The van der Waals surface area contributed by atoms with E-state index in [4.69, 9.17) is 0 Å². The largest absolute Gasteiger partial charge is 0.480 e. The van der Waals surface area contributed by atoms with E-state index in [0.29, 0.717) is 13.1 Å². The van der Waals surface area contributed by atoms with Gasteiger partial charge in [0, 0.05) is 31.2 Å². The number of aliphatic carboxylic acids is 1. The Morgan fingerprint density at radius 3 is 2.31 bits per heavy atom. The number of rotatable bonds is 12.